The van der Waals surface area contributed by atoms with Crippen molar-refractivity contribution >= 4 is 40.5 Å². The first-order chi connectivity index (χ1) is 9.54. The standard InChI is InChI=1S/C14H12Cl2N2O2/c15-9-4-5-13(12(16)6-9)20-8-14(19)18-11-3-1-2-10(17)7-11/h1-7H,8,17H2,(H,18,19). The Labute approximate surface area is 126 Å². The van der Waals surface area contributed by atoms with Crippen LogP contribution >= 0.6 is 23.2 Å². The minimum atomic E-state index is -0.304. The molecule has 2 rings (SSSR count). The van der Waals surface area contributed by atoms with Crippen LogP contribution in [0.2, 0.25) is 10.0 Å². The molecule has 6 heteroatoms. The van der Waals surface area contributed by atoms with Gasteiger partial charge in [-0.3, -0.25) is 4.79 Å². The highest BCUT2D eigenvalue weighted by molar-refractivity contribution is 6.35. The molecule has 0 aromatic heterocycles. The maximum Gasteiger partial charge on any atom is 0.262 e. The number of nitrogens with two attached hydrogens (primary N) is 1. The van der Waals surface area contributed by atoms with Gasteiger partial charge in [-0.1, -0.05) is 29.3 Å². The fourth-order valence-electron chi connectivity index (χ4n) is 1.55. The smallest absolute Gasteiger partial charge is 0.262 e. The molecule has 104 valence electrons. The Hall–Kier alpha value is -1.91. The lowest BCUT2D eigenvalue weighted by atomic mass is 10.3. The van der Waals surface area contributed by atoms with Crippen LogP contribution in [-0.4, -0.2) is 12.5 Å². The van der Waals surface area contributed by atoms with Crippen molar-refractivity contribution in [3.05, 3.63) is 52.5 Å². The highest BCUT2D eigenvalue weighted by Crippen LogP contribution is 2.27. The van der Waals surface area contributed by atoms with E-state index in [9.17, 15) is 4.79 Å². The summed E-state index contributed by atoms with van der Waals surface area (Å²) in [5, 5.41) is 3.53. The number of carbonyl (C=O) groups excluding carboxylic acids is 1. The number of hydrogen-bond acceptors (Lipinski definition) is 3. The van der Waals surface area contributed by atoms with Crippen LogP contribution in [0.3, 0.4) is 0 Å². The Morgan fingerprint density at radius 1 is 1.20 bits per heavy atom. The second-order valence-electron chi connectivity index (χ2n) is 4.04. The van der Waals surface area contributed by atoms with E-state index in [4.69, 9.17) is 33.7 Å². The van der Waals surface area contributed by atoms with Crippen molar-refractivity contribution in [3.63, 3.8) is 0 Å². The molecule has 2 aromatic rings. The minimum Gasteiger partial charge on any atom is -0.482 e. The first-order valence-electron chi connectivity index (χ1n) is 5.78. The molecule has 3 N–H and O–H groups in total. The third-order valence-corrected chi connectivity index (χ3v) is 2.95. The highest BCUT2D eigenvalue weighted by Gasteiger charge is 2.07. The van der Waals surface area contributed by atoms with Crippen molar-refractivity contribution < 1.29 is 9.53 Å². The number of anilines is 2. The van der Waals surface area contributed by atoms with Crippen LogP contribution < -0.4 is 15.8 Å². The van der Waals surface area contributed by atoms with Crippen LogP contribution in [0.4, 0.5) is 11.4 Å². The number of benzene rings is 2. The van der Waals surface area contributed by atoms with Crippen LogP contribution in [0.15, 0.2) is 42.5 Å². The number of nitrogen functional groups attached to an aromatic ring is 1. The lowest BCUT2D eigenvalue weighted by molar-refractivity contribution is -0.118. The predicted octanol–water partition coefficient (Wildman–Crippen LogP) is 3.59. The van der Waals surface area contributed by atoms with E-state index in [1.807, 2.05) is 0 Å². The number of hydrogen-bond donors (Lipinski definition) is 2. The van der Waals surface area contributed by atoms with Gasteiger partial charge in [-0.05, 0) is 36.4 Å². The molecule has 0 saturated heterocycles. The molecular weight excluding hydrogens is 299 g/mol. The largest absolute Gasteiger partial charge is 0.482 e. The molecule has 4 nitrogen and oxygen atoms in total. The normalized spacial score (nSPS) is 10.1. The Morgan fingerprint density at radius 3 is 2.70 bits per heavy atom. The quantitative estimate of drug-likeness (QED) is 0.848. The molecule has 0 aliphatic heterocycles. The van der Waals surface area contributed by atoms with Crippen molar-refractivity contribution in [2.75, 3.05) is 17.7 Å². The van der Waals surface area contributed by atoms with Gasteiger partial charge in [0, 0.05) is 16.4 Å². The lowest BCUT2D eigenvalue weighted by Gasteiger charge is -2.09. The number of amides is 1. The summed E-state index contributed by atoms with van der Waals surface area (Å²) < 4.78 is 5.32. The van der Waals surface area contributed by atoms with Gasteiger partial charge in [0.1, 0.15) is 5.75 Å². The maximum absolute atomic E-state index is 11.7. The zero-order chi connectivity index (χ0) is 14.5. The fourth-order valence-corrected chi connectivity index (χ4v) is 2.01. The SMILES string of the molecule is Nc1cccc(NC(=O)COc2ccc(Cl)cc2Cl)c1. The van der Waals surface area contributed by atoms with Gasteiger partial charge in [0.15, 0.2) is 6.61 Å². The molecular formula is C14H12Cl2N2O2. The monoisotopic (exact) mass is 310 g/mol. The molecule has 0 bridgehead atoms. The van der Waals surface area contributed by atoms with E-state index in [1.54, 1.807) is 42.5 Å². The number of halogens is 2. The van der Waals surface area contributed by atoms with E-state index >= 15 is 0 Å². The third kappa shape index (κ3) is 4.05. The van der Waals surface area contributed by atoms with Gasteiger partial charge in [-0.25, -0.2) is 0 Å². The average Bonchev–Trinajstić information content (AvgIpc) is 2.37. The summed E-state index contributed by atoms with van der Waals surface area (Å²) in [6.45, 7) is -0.157. The van der Waals surface area contributed by atoms with Gasteiger partial charge in [0.05, 0.1) is 5.02 Å². The van der Waals surface area contributed by atoms with Gasteiger partial charge >= 0.3 is 0 Å². The summed E-state index contributed by atoms with van der Waals surface area (Å²) in [5.74, 6) is 0.0976. The molecule has 0 unspecified atom stereocenters. The summed E-state index contributed by atoms with van der Waals surface area (Å²) >= 11 is 11.7. The first-order valence-corrected chi connectivity index (χ1v) is 6.53. The van der Waals surface area contributed by atoms with Gasteiger partial charge in [0.25, 0.3) is 5.91 Å². The Balaban J connectivity index is 1.92. The van der Waals surface area contributed by atoms with E-state index in [-0.39, 0.29) is 12.5 Å². The zero-order valence-corrected chi connectivity index (χ0v) is 11.9. The van der Waals surface area contributed by atoms with E-state index in [0.717, 1.165) is 0 Å². The van der Waals surface area contributed by atoms with Gasteiger partial charge in [-0.15, -0.1) is 0 Å². The summed E-state index contributed by atoms with van der Waals surface area (Å²) in [7, 11) is 0. The maximum atomic E-state index is 11.7. The second kappa shape index (κ2) is 6.50. The van der Waals surface area contributed by atoms with Crippen molar-refractivity contribution in [1.29, 1.82) is 0 Å². The first kappa shape index (κ1) is 14.5. The molecule has 20 heavy (non-hydrogen) atoms. The van der Waals surface area contributed by atoms with E-state index in [1.165, 1.54) is 0 Å². The highest BCUT2D eigenvalue weighted by atomic mass is 35.5. The molecule has 0 spiro atoms. The van der Waals surface area contributed by atoms with Gasteiger partial charge < -0.3 is 15.8 Å². The Morgan fingerprint density at radius 2 is 2.00 bits per heavy atom. The second-order valence-corrected chi connectivity index (χ2v) is 4.88. The minimum absolute atomic E-state index is 0.157. The van der Waals surface area contributed by atoms with Crippen molar-refractivity contribution in [2.24, 2.45) is 0 Å². The molecule has 0 atom stereocenters. The lowest BCUT2D eigenvalue weighted by Crippen LogP contribution is -2.20. The Bertz CT molecular complexity index is 632. The molecule has 0 saturated carbocycles. The van der Waals surface area contributed by atoms with E-state index in [0.29, 0.717) is 27.2 Å². The predicted molar refractivity (Wildman–Crippen MR) is 81.4 cm³/mol. The average molecular weight is 311 g/mol. The summed E-state index contributed by atoms with van der Waals surface area (Å²) in [6, 6.07) is 11.7. The topological polar surface area (TPSA) is 64.3 Å². The fraction of sp³-hybridized carbons (Fsp3) is 0.0714. The molecule has 2 aromatic carbocycles. The van der Waals surface area contributed by atoms with Gasteiger partial charge in [0.2, 0.25) is 0 Å². The molecule has 0 radical (unpaired) electrons. The summed E-state index contributed by atoms with van der Waals surface area (Å²) in [4.78, 5) is 11.7. The van der Waals surface area contributed by atoms with E-state index < -0.39 is 0 Å². The molecule has 0 heterocycles. The van der Waals surface area contributed by atoms with Crippen LogP contribution in [0.1, 0.15) is 0 Å². The number of rotatable bonds is 4. The zero-order valence-electron chi connectivity index (χ0n) is 10.4. The van der Waals surface area contributed by atoms with Crippen molar-refractivity contribution in [1.82, 2.24) is 0 Å². The summed E-state index contributed by atoms with van der Waals surface area (Å²) in [5.41, 5.74) is 6.81. The Kier molecular flexibility index (Phi) is 4.71. The van der Waals surface area contributed by atoms with Crippen LogP contribution in [0, 0.1) is 0 Å². The number of carbonyl (C=O) groups is 1. The van der Waals surface area contributed by atoms with Crippen LogP contribution in [0.5, 0.6) is 5.75 Å². The third-order valence-electron chi connectivity index (χ3n) is 2.42. The van der Waals surface area contributed by atoms with Gasteiger partial charge in [-0.2, -0.15) is 0 Å². The molecule has 0 fully saturated rings. The molecule has 1 amide bonds. The summed E-state index contributed by atoms with van der Waals surface area (Å²) in [6.07, 6.45) is 0. The van der Waals surface area contributed by atoms with Crippen LogP contribution in [0.25, 0.3) is 0 Å². The van der Waals surface area contributed by atoms with Crippen LogP contribution in [-0.2, 0) is 4.79 Å². The molecule has 0 aliphatic rings. The number of nitrogens with one attached hydrogen (secondary N) is 1. The van der Waals surface area contributed by atoms with Crippen molar-refractivity contribution in [3.8, 4) is 5.75 Å². The van der Waals surface area contributed by atoms with Crippen molar-refractivity contribution in [2.45, 2.75) is 0 Å². The molecule has 0 aliphatic carbocycles. The number of ether oxygens (including phenoxy) is 1. The van der Waals surface area contributed by atoms with E-state index in [2.05, 4.69) is 5.32 Å².